The van der Waals surface area contributed by atoms with Crippen molar-refractivity contribution < 1.29 is 45.0 Å². The average Bonchev–Trinajstić information content (AvgIpc) is 3.98. The van der Waals surface area contributed by atoms with Crippen LogP contribution < -0.4 is 20.1 Å². The van der Waals surface area contributed by atoms with Gasteiger partial charge in [-0.2, -0.15) is 42.5 Å². The largest absolute Gasteiger partial charge is 0.487 e. The van der Waals surface area contributed by atoms with E-state index in [1.165, 1.54) is 11.8 Å². The lowest BCUT2D eigenvalue weighted by molar-refractivity contribution is -0.138. The molecule has 3 fully saturated rings. The summed E-state index contributed by atoms with van der Waals surface area (Å²) in [6, 6.07) is 1.21. The molecule has 0 radical (unpaired) electrons. The molecule has 0 aliphatic carbocycles. The summed E-state index contributed by atoms with van der Waals surface area (Å²) in [5, 5.41) is 12.5. The maximum atomic E-state index is 17.6. The molecule has 1 amide bonds. The quantitative estimate of drug-likeness (QED) is 0.189. The van der Waals surface area contributed by atoms with Gasteiger partial charge < -0.3 is 25.0 Å². The fourth-order valence-electron chi connectivity index (χ4n) is 9.30. The Morgan fingerprint density at radius 1 is 1.16 bits per heavy atom. The first kappa shape index (κ1) is 38.1. The smallest absolute Gasteiger partial charge is 0.420 e. The molecule has 7 heterocycles. The lowest BCUT2D eigenvalue weighted by atomic mass is 9.91. The number of thiophene rings is 1. The Hall–Kier alpha value is -5.49. The van der Waals surface area contributed by atoms with E-state index < -0.39 is 99.2 Å². The molecule has 4 aliphatic heterocycles. The molecule has 9 rings (SSSR count). The van der Waals surface area contributed by atoms with E-state index in [0.29, 0.717) is 24.3 Å². The number of anilines is 2. The third-order valence-electron chi connectivity index (χ3n) is 11.8. The monoisotopic (exact) mass is 830 g/mol. The van der Waals surface area contributed by atoms with Crippen LogP contribution in [0.1, 0.15) is 50.7 Å². The minimum atomic E-state index is -5.30. The maximum Gasteiger partial charge on any atom is 0.420 e. The summed E-state index contributed by atoms with van der Waals surface area (Å²) in [6.07, 6.45) is -5.81. The van der Waals surface area contributed by atoms with Crippen LogP contribution in [-0.2, 0) is 6.18 Å². The standard InChI is InChI=1S/C37H33F7N10O3S/c1-16-12-53(22-6-9-52(17(22)2)35(55)54-15-47-33(41)50-54)32-25-28(48-34(49-32)56-14-36-7-3-8-51(36)13-18(38)10-36)27(40)24(26(29(25)57-16)37(42,43)44)19-4-5-21(39)30-23(19)20(11-45)31(46)58-30/h4-5,15-18,22H,3,6-10,12-14,46H2,1-2H3/t16-,17+,18?,22+,36-/m0/s1. The number of benzene rings is 2. The highest BCUT2D eigenvalue weighted by molar-refractivity contribution is 7.23. The van der Waals surface area contributed by atoms with Gasteiger partial charge in [-0.3, -0.25) is 4.90 Å². The number of aromatic nitrogens is 5. The van der Waals surface area contributed by atoms with E-state index in [2.05, 4.69) is 20.1 Å². The summed E-state index contributed by atoms with van der Waals surface area (Å²) in [5.74, 6) is -3.33. The SMILES string of the molecule is C[C@@H]1[C@H](N2C[C@H](C)Oc3c(C(F)(F)F)c(-c4ccc(F)c5sc(N)c(C#N)c45)c(F)c4nc(OC[C@@]56CCCN5CC(F)C6)nc2c34)CCN1C(=O)n1cnc(F)n1. The van der Waals surface area contributed by atoms with Crippen molar-refractivity contribution in [3.63, 3.8) is 0 Å². The molecule has 0 spiro atoms. The first-order valence-electron chi connectivity index (χ1n) is 18.5. The molecule has 304 valence electrons. The summed E-state index contributed by atoms with van der Waals surface area (Å²) in [4.78, 5) is 30.8. The number of nitrogen functional groups attached to an aromatic ring is 1. The van der Waals surface area contributed by atoms with Crippen LogP contribution in [0, 0.1) is 29.0 Å². The second-order valence-corrected chi connectivity index (χ2v) is 16.2. The Morgan fingerprint density at radius 2 is 1.95 bits per heavy atom. The third kappa shape index (κ3) is 5.85. The van der Waals surface area contributed by atoms with Crippen molar-refractivity contribution in [3.8, 4) is 29.0 Å². The highest BCUT2D eigenvalue weighted by atomic mass is 32.1. The zero-order chi connectivity index (χ0) is 41.0. The Labute approximate surface area is 328 Å². The van der Waals surface area contributed by atoms with Crippen LogP contribution in [0.2, 0.25) is 0 Å². The van der Waals surface area contributed by atoms with Crippen molar-refractivity contribution in [2.45, 2.75) is 75.6 Å². The summed E-state index contributed by atoms with van der Waals surface area (Å²) in [5.41, 5.74) is 1.32. The number of carbonyl (C=O) groups excluding carboxylic acids is 1. The number of likely N-dealkylation sites (tertiary alicyclic amines) is 1. The number of hydrogen-bond donors (Lipinski definition) is 1. The van der Waals surface area contributed by atoms with Crippen LogP contribution in [0.3, 0.4) is 0 Å². The molecule has 4 aliphatic rings. The number of nitrogens with zero attached hydrogens (tertiary/aromatic N) is 9. The lowest BCUT2D eigenvalue weighted by Gasteiger charge is -2.35. The zero-order valence-electron chi connectivity index (χ0n) is 30.8. The lowest BCUT2D eigenvalue weighted by Crippen LogP contribution is -2.49. The van der Waals surface area contributed by atoms with Crippen molar-refractivity contribution in [1.82, 2.24) is 34.5 Å². The van der Waals surface area contributed by atoms with E-state index in [9.17, 15) is 18.8 Å². The Morgan fingerprint density at radius 3 is 2.67 bits per heavy atom. The maximum absolute atomic E-state index is 17.6. The summed E-state index contributed by atoms with van der Waals surface area (Å²) >= 11 is 0.640. The van der Waals surface area contributed by atoms with E-state index in [0.717, 1.165) is 29.6 Å². The van der Waals surface area contributed by atoms with Gasteiger partial charge in [0.15, 0.2) is 5.82 Å². The fourth-order valence-corrected chi connectivity index (χ4v) is 10.3. The van der Waals surface area contributed by atoms with Gasteiger partial charge in [0.25, 0.3) is 0 Å². The number of ether oxygens (including phenoxy) is 2. The molecule has 5 atom stereocenters. The normalized spacial score (nSPS) is 24.7. The second kappa shape index (κ2) is 13.5. The number of halogens is 7. The van der Waals surface area contributed by atoms with Crippen molar-refractivity contribution in [3.05, 3.63) is 47.3 Å². The van der Waals surface area contributed by atoms with E-state index in [1.54, 1.807) is 11.8 Å². The number of alkyl halides is 4. The van der Waals surface area contributed by atoms with Crippen molar-refractivity contribution in [1.29, 1.82) is 5.26 Å². The summed E-state index contributed by atoms with van der Waals surface area (Å²) in [6.45, 7) is 3.98. The molecule has 58 heavy (non-hydrogen) atoms. The minimum Gasteiger partial charge on any atom is -0.487 e. The average molecular weight is 831 g/mol. The fraction of sp³-hybridized carbons (Fsp3) is 0.459. The van der Waals surface area contributed by atoms with Gasteiger partial charge in [-0.25, -0.2) is 18.0 Å². The van der Waals surface area contributed by atoms with Gasteiger partial charge in [0.05, 0.1) is 39.8 Å². The molecule has 13 nitrogen and oxygen atoms in total. The van der Waals surface area contributed by atoms with Crippen LogP contribution in [0.4, 0.5) is 46.3 Å². The number of nitriles is 1. The number of nitrogens with two attached hydrogens (primary N) is 1. The van der Waals surface area contributed by atoms with Gasteiger partial charge in [-0.15, -0.1) is 16.4 Å². The van der Waals surface area contributed by atoms with Crippen molar-refractivity contribution in [2.24, 2.45) is 0 Å². The predicted octanol–water partition coefficient (Wildman–Crippen LogP) is 6.67. The molecule has 21 heteroatoms. The van der Waals surface area contributed by atoms with Crippen LogP contribution in [0.25, 0.3) is 32.1 Å². The van der Waals surface area contributed by atoms with Crippen LogP contribution in [0.15, 0.2) is 18.5 Å². The molecule has 0 saturated carbocycles. The Kier molecular flexibility index (Phi) is 8.88. The molecule has 0 bridgehead atoms. The molecular weight excluding hydrogens is 798 g/mol. The highest BCUT2D eigenvalue weighted by Crippen LogP contribution is 2.54. The molecule has 5 aromatic rings. The molecule has 3 saturated heterocycles. The van der Waals surface area contributed by atoms with E-state index >= 15 is 22.0 Å². The Bertz CT molecular complexity index is 2560. The number of hydrogen-bond acceptors (Lipinski definition) is 12. The topological polar surface area (TPSA) is 152 Å². The van der Waals surface area contributed by atoms with E-state index in [-0.39, 0.29) is 65.6 Å². The van der Waals surface area contributed by atoms with Crippen molar-refractivity contribution >= 4 is 49.2 Å². The number of amides is 1. The zero-order valence-corrected chi connectivity index (χ0v) is 31.6. The highest BCUT2D eigenvalue weighted by Gasteiger charge is 2.50. The van der Waals surface area contributed by atoms with E-state index in [1.807, 2.05) is 11.0 Å². The second-order valence-electron chi connectivity index (χ2n) is 15.2. The molecule has 1 unspecified atom stereocenters. The summed E-state index contributed by atoms with van der Waals surface area (Å²) < 4.78 is 121. The first-order chi connectivity index (χ1) is 27.6. The molecule has 2 aromatic carbocycles. The van der Waals surface area contributed by atoms with Gasteiger partial charge >= 0.3 is 24.3 Å². The van der Waals surface area contributed by atoms with E-state index in [4.69, 9.17) is 15.2 Å². The van der Waals surface area contributed by atoms with Gasteiger partial charge in [0.2, 0.25) is 0 Å². The first-order valence-corrected chi connectivity index (χ1v) is 19.3. The van der Waals surface area contributed by atoms with Crippen LogP contribution in [-0.4, -0.2) is 103 Å². The summed E-state index contributed by atoms with van der Waals surface area (Å²) in [7, 11) is 0. The molecular formula is C37H33F7N10O3S. The molecule has 2 N–H and O–H groups in total. The van der Waals surface area contributed by atoms with Crippen molar-refractivity contribution in [2.75, 3.05) is 43.4 Å². The number of fused-ring (bicyclic) bond motifs is 2. The number of rotatable bonds is 5. The van der Waals surface area contributed by atoms with Crippen LogP contribution >= 0.6 is 11.3 Å². The Balaban J connectivity index is 1.27. The van der Waals surface area contributed by atoms with Crippen LogP contribution in [0.5, 0.6) is 11.8 Å². The van der Waals surface area contributed by atoms with Gasteiger partial charge in [-0.05, 0) is 51.3 Å². The van der Waals surface area contributed by atoms with Gasteiger partial charge in [0, 0.05) is 30.5 Å². The molecule has 3 aromatic heterocycles. The predicted molar refractivity (Wildman–Crippen MR) is 196 cm³/mol. The minimum absolute atomic E-state index is 0.0951. The third-order valence-corrected chi connectivity index (χ3v) is 12.8. The van der Waals surface area contributed by atoms with Gasteiger partial charge in [0.1, 0.15) is 64.7 Å². The van der Waals surface area contributed by atoms with Gasteiger partial charge in [-0.1, -0.05) is 6.07 Å². The number of carbonyl (C=O) groups is 1.